The van der Waals surface area contributed by atoms with Crippen LogP contribution in [0.4, 0.5) is 0 Å². The molecule has 2 fully saturated rings. The zero-order valence-electron chi connectivity index (χ0n) is 10.1. The fourth-order valence-corrected chi connectivity index (χ4v) is 2.65. The molecule has 17 heavy (non-hydrogen) atoms. The number of amides is 2. The Labute approximate surface area is 101 Å². The molecule has 96 valence electrons. The van der Waals surface area contributed by atoms with Crippen LogP contribution in [0, 0.1) is 0 Å². The summed E-state index contributed by atoms with van der Waals surface area (Å²) in [6.07, 6.45) is 4.30. The highest BCUT2D eigenvalue weighted by molar-refractivity contribution is 5.95. The van der Waals surface area contributed by atoms with Gasteiger partial charge in [-0.05, 0) is 32.1 Å². The Morgan fingerprint density at radius 3 is 2.82 bits per heavy atom. The molecule has 2 rings (SSSR count). The second-order valence-electron chi connectivity index (χ2n) is 4.79. The molecule has 1 unspecified atom stereocenters. The van der Waals surface area contributed by atoms with Crippen molar-refractivity contribution in [3.8, 4) is 0 Å². The Balaban J connectivity index is 1.86. The number of nitrogens with zero attached hydrogens (tertiary/aromatic N) is 2. The quantitative estimate of drug-likeness (QED) is 0.687. The van der Waals surface area contributed by atoms with Crippen LogP contribution in [0.2, 0.25) is 0 Å². The maximum Gasteiger partial charge on any atom is 0.245 e. The zero-order chi connectivity index (χ0) is 12.3. The number of hydrogen-bond acceptors (Lipinski definition) is 3. The van der Waals surface area contributed by atoms with Crippen LogP contribution in [0.5, 0.6) is 0 Å². The van der Waals surface area contributed by atoms with Crippen molar-refractivity contribution in [2.45, 2.75) is 38.1 Å². The zero-order valence-corrected chi connectivity index (χ0v) is 10.1. The molecule has 0 aromatic rings. The molecule has 0 aromatic carbocycles. The van der Waals surface area contributed by atoms with Crippen LogP contribution in [0.25, 0.3) is 0 Å². The van der Waals surface area contributed by atoms with E-state index in [9.17, 15) is 9.59 Å². The van der Waals surface area contributed by atoms with Crippen molar-refractivity contribution in [2.75, 3.05) is 26.2 Å². The Morgan fingerprint density at radius 2 is 2.06 bits per heavy atom. The van der Waals surface area contributed by atoms with Crippen molar-refractivity contribution < 1.29 is 14.7 Å². The first-order chi connectivity index (χ1) is 8.24. The lowest BCUT2D eigenvalue weighted by molar-refractivity contribution is -0.153. The molecule has 5 nitrogen and oxygen atoms in total. The van der Waals surface area contributed by atoms with Crippen molar-refractivity contribution in [1.82, 2.24) is 9.80 Å². The van der Waals surface area contributed by atoms with Gasteiger partial charge in [-0.2, -0.15) is 0 Å². The fraction of sp³-hybridized carbons (Fsp3) is 0.833. The predicted octanol–water partition coefficient (Wildman–Crippen LogP) is -0.0178. The standard InChI is InChI=1S/C12H20N2O3/c15-8-3-1-2-6-13-9-11(16)14-7-4-5-10(14)12(13)17/h10,15H,1-9H2. The van der Waals surface area contributed by atoms with E-state index >= 15 is 0 Å². The van der Waals surface area contributed by atoms with Crippen molar-refractivity contribution in [2.24, 2.45) is 0 Å². The largest absolute Gasteiger partial charge is 0.396 e. The summed E-state index contributed by atoms with van der Waals surface area (Å²) >= 11 is 0. The van der Waals surface area contributed by atoms with Crippen LogP contribution in [0.1, 0.15) is 32.1 Å². The molecule has 1 N–H and O–H groups in total. The van der Waals surface area contributed by atoms with Gasteiger partial charge >= 0.3 is 0 Å². The first kappa shape index (κ1) is 12.4. The van der Waals surface area contributed by atoms with Gasteiger partial charge < -0.3 is 14.9 Å². The Bertz CT molecular complexity index is 306. The van der Waals surface area contributed by atoms with E-state index in [1.807, 2.05) is 0 Å². The van der Waals surface area contributed by atoms with Crippen LogP contribution in [-0.4, -0.2) is 59.0 Å². The van der Waals surface area contributed by atoms with Gasteiger partial charge in [0, 0.05) is 19.7 Å². The molecule has 0 saturated carbocycles. The molecule has 0 spiro atoms. The van der Waals surface area contributed by atoms with E-state index in [1.165, 1.54) is 0 Å². The number of carbonyl (C=O) groups excluding carboxylic acids is 2. The number of aliphatic hydroxyl groups excluding tert-OH is 1. The number of piperazine rings is 1. The van der Waals surface area contributed by atoms with Gasteiger partial charge in [-0.3, -0.25) is 9.59 Å². The van der Waals surface area contributed by atoms with Gasteiger partial charge in [0.2, 0.25) is 11.8 Å². The summed E-state index contributed by atoms with van der Waals surface area (Å²) in [5.41, 5.74) is 0. The highest BCUT2D eigenvalue weighted by Gasteiger charge is 2.41. The summed E-state index contributed by atoms with van der Waals surface area (Å²) in [5, 5.41) is 8.68. The lowest BCUT2D eigenvalue weighted by Crippen LogP contribution is -2.57. The SMILES string of the molecule is O=C1C2CCCN2C(=O)CN1CCCCCO. The number of rotatable bonds is 5. The molecule has 2 heterocycles. The van der Waals surface area contributed by atoms with Crippen molar-refractivity contribution >= 4 is 11.8 Å². The highest BCUT2D eigenvalue weighted by atomic mass is 16.3. The number of hydrogen-bond donors (Lipinski definition) is 1. The lowest BCUT2D eigenvalue weighted by Gasteiger charge is -2.36. The number of aliphatic hydroxyl groups is 1. The molecule has 1 atom stereocenters. The summed E-state index contributed by atoms with van der Waals surface area (Å²) in [6.45, 7) is 1.83. The number of fused-ring (bicyclic) bond motifs is 1. The average molecular weight is 240 g/mol. The van der Waals surface area contributed by atoms with E-state index < -0.39 is 0 Å². The van der Waals surface area contributed by atoms with E-state index in [0.717, 1.165) is 38.6 Å². The Kier molecular flexibility index (Phi) is 3.99. The van der Waals surface area contributed by atoms with Gasteiger partial charge in [-0.25, -0.2) is 0 Å². The van der Waals surface area contributed by atoms with Crippen LogP contribution in [0.3, 0.4) is 0 Å². The van der Waals surface area contributed by atoms with Crippen LogP contribution in [-0.2, 0) is 9.59 Å². The van der Waals surface area contributed by atoms with Crippen LogP contribution >= 0.6 is 0 Å². The van der Waals surface area contributed by atoms with E-state index in [-0.39, 0.29) is 31.0 Å². The minimum Gasteiger partial charge on any atom is -0.396 e. The third kappa shape index (κ3) is 2.60. The summed E-state index contributed by atoms with van der Waals surface area (Å²) in [7, 11) is 0. The third-order valence-corrected chi connectivity index (χ3v) is 3.58. The summed E-state index contributed by atoms with van der Waals surface area (Å²) < 4.78 is 0. The molecular weight excluding hydrogens is 220 g/mol. The Hall–Kier alpha value is -1.10. The molecule has 2 amide bonds. The smallest absolute Gasteiger partial charge is 0.245 e. The van der Waals surface area contributed by atoms with E-state index in [2.05, 4.69) is 0 Å². The van der Waals surface area contributed by atoms with Crippen molar-refractivity contribution in [3.63, 3.8) is 0 Å². The highest BCUT2D eigenvalue weighted by Crippen LogP contribution is 2.23. The van der Waals surface area contributed by atoms with E-state index in [0.29, 0.717) is 6.54 Å². The van der Waals surface area contributed by atoms with E-state index in [4.69, 9.17) is 5.11 Å². The minimum absolute atomic E-state index is 0.0919. The molecule has 0 aromatic heterocycles. The van der Waals surface area contributed by atoms with Gasteiger partial charge in [0.1, 0.15) is 6.04 Å². The fourth-order valence-electron chi connectivity index (χ4n) is 2.65. The maximum atomic E-state index is 12.1. The van der Waals surface area contributed by atoms with Gasteiger partial charge in [0.05, 0.1) is 6.54 Å². The molecule has 5 heteroatoms. The predicted molar refractivity (Wildman–Crippen MR) is 62.3 cm³/mol. The normalized spacial score (nSPS) is 24.4. The minimum atomic E-state index is -0.186. The van der Waals surface area contributed by atoms with Crippen LogP contribution in [0.15, 0.2) is 0 Å². The summed E-state index contributed by atoms with van der Waals surface area (Å²) in [4.78, 5) is 27.3. The van der Waals surface area contributed by atoms with Gasteiger partial charge in [0.15, 0.2) is 0 Å². The molecule has 0 aliphatic carbocycles. The number of carbonyl (C=O) groups is 2. The molecule has 0 radical (unpaired) electrons. The second kappa shape index (κ2) is 5.49. The van der Waals surface area contributed by atoms with Gasteiger partial charge in [0.25, 0.3) is 0 Å². The molecule has 2 aliphatic rings. The lowest BCUT2D eigenvalue weighted by atomic mass is 10.1. The first-order valence-corrected chi connectivity index (χ1v) is 6.43. The molecule has 0 bridgehead atoms. The second-order valence-corrected chi connectivity index (χ2v) is 4.79. The van der Waals surface area contributed by atoms with E-state index in [1.54, 1.807) is 9.80 Å². The third-order valence-electron chi connectivity index (χ3n) is 3.58. The maximum absolute atomic E-state index is 12.1. The monoisotopic (exact) mass is 240 g/mol. The summed E-state index contributed by atoms with van der Waals surface area (Å²) in [6, 6.07) is -0.186. The van der Waals surface area contributed by atoms with Crippen molar-refractivity contribution in [3.05, 3.63) is 0 Å². The molecule has 2 saturated heterocycles. The first-order valence-electron chi connectivity index (χ1n) is 6.43. The topological polar surface area (TPSA) is 60.9 Å². The molecule has 2 aliphatic heterocycles. The number of unbranched alkanes of at least 4 members (excludes halogenated alkanes) is 2. The Morgan fingerprint density at radius 1 is 1.24 bits per heavy atom. The van der Waals surface area contributed by atoms with Crippen molar-refractivity contribution in [1.29, 1.82) is 0 Å². The molecular formula is C12H20N2O3. The van der Waals surface area contributed by atoms with Gasteiger partial charge in [-0.15, -0.1) is 0 Å². The van der Waals surface area contributed by atoms with Gasteiger partial charge in [-0.1, -0.05) is 0 Å². The summed E-state index contributed by atoms with van der Waals surface area (Å²) in [5.74, 6) is 0.209. The van der Waals surface area contributed by atoms with Crippen LogP contribution < -0.4 is 0 Å². The average Bonchev–Trinajstić information content (AvgIpc) is 2.80.